The standard InChI is InChI=1S/C7H7BrO2.CH2O/c1-10-6-4-2-3-5(8)7(6)9;1-2/h2-4,9H,1H3;1H2. The lowest BCUT2D eigenvalue weighted by Gasteiger charge is -2.02. The second kappa shape index (κ2) is 5.60. The molecule has 0 atom stereocenters. The predicted octanol–water partition coefficient (Wildman–Crippen LogP) is 1.98. The third kappa shape index (κ3) is 2.54. The monoisotopic (exact) mass is 232 g/mol. The van der Waals surface area contributed by atoms with Gasteiger partial charge in [0, 0.05) is 0 Å². The number of hydrogen-bond donors (Lipinski definition) is 1. The van der Waals surface area contributed by atoms with Gasteiger partial charge in [-0.3, -0.25) is 0 Å². The summed E-state index contributed by atoms with van der Waals surface area (Å²) in [7, 11) is 1.52. The summed E-state index contributed by atoms with van der Waals surface area (Å²) in [6, 6.07) is 5.24. The maximum absolute atomic E-state index is 9.23. The van der Waals surface area contributed by atoms with Gasteiger partial charge in [-0.25, -0.2) is 0 Å². The molecule has 0 heterocycles. The largest absolute Gasteiger partial charge is 0.503 e. The normalized spacial score (nSPS) is 8.17. The molecule has 0 amide bonds. The predicted molar refractivity (Wildman–Crippen MR) is 49.5 cm³/mol. The van der Waals surface area contributed by atoms with Gasteiger partial charge in [0.25, 0.3) is 0 Å². The number of ether oxygens (including phenoxy) is 1. The Morgan fingerprint density at radius 3 is 2.50 bits per heavy atom. The molecule has 1 N–H and O–H groups in total. The maximum atomic E-state index is 9.23. The third-order valence-electron chi connectivity index (χ3n) is 1.17. The van der Waals surface area contributed by atoms with E-state index in [0.29, 0.717) is 10.2 Å². The van der Waals surface area contributed by atoms with E-state index in [2.05, 4.69) is 15.9 Å². The highest BCUT2D eigenvalue weighted by atomic mass is 79.9. The SMILES string of the molecule is C=O.COc1cccc(Br)c1O. The van der Waals surface area contributed by atoms with Crippen LogP contribution in [0, 0.1) is 0 Å². The van der Waals surface area contributed by atoms with Crippen molar-refractivity contribution in [1.82, 2.24) is 0 Å². The van der Waals surface area contributed by atoms with Gasteiger partial charge in [0.1, 0.15) is 6.79 Å². The molecule has 0 aliphatic rings. The Balaban J connectivity index is 0.000000561. The molecule has 66 valence electrons. The van der Waals surface area contributed by atoms with Crippen molar-refractivity contribution in [2.24, 2.45) is 0 Å². The number of carbonyl (C=O) groups is 1. The second-order valence-corrected chi connectivity index (χ2v) is 2.65. The van der Waals surface area contributed by atoms with Crippen molar-refractivity contribution in [2.45, 2.75) is 0 Å². The average Bonchev–Trinajstić information content (AvgIpc) is 2.13. The summed E-state index contributed by atoms with van der Waals surface area (Å²) in [5, 5.41) is 9.23. The van der Waals surface area contributed by atoms with Crippen molar-refractivity contribution in [1.29, 1.82) is 0 Å². The Kier molecular flexibility index (Phi) is 5.12. The van der Waals surface area contributed by atoms with Crippen LogP contribution in [0.5, 0.6) is 11.5 Å². The van der Waals surface area contributed by atoms with Gasteiger partial charge >= 0.3 is 0 Å². The van der Waals surface area contributed by atoms with Gasteiger partial charge in [0.2, 0.25) is 0 Å². The van der Waals surface area contributed by atoms with Gasteiger partial charge in [-0.15, -0.1) is 0 Å². The van der Waals surface area contributed by atoms with Crippen molar-refractivity contribution < 1.29 is 14.6 Å². The van der Waals surface area contributed by atoms with Crippen molar-refractivity contribution in [3.8, 4) is 11.5 Å². The fourth-order valence-electron chi connectivity index (χ4n) is 0.660. The number of methoxy groups -OCH3 is 1. The minimum absolute atomic E-state index is 0.144. The van der Waals surface area contributed by atoms with Gasteiger partial charge in [0.15, 0.2) is 11.5 Å². The summed E-state index contributed by atoms with van der Waals surface area (Å²) in [5.74, 6) is 0.624. The molecule has 1 rings (SSSR count). The van der Waals surface area contributed by atoms with Gasteiger partial charge in [0.05, 0.1) is 11.6 Å². The molecule has 1 aromatic carbocycles. The van der Waals surface area contributed by atoms with Crippen LogP contribution in [0.25, 0.3) is 0 Å². The Labute approximate surface area is 79.1 Å². The molecule has 0 aromatic heterocycles. The Bertz CT molecular complexity index is 250. The van der Waals surface area contributed by atoms with Crippen LogP contribution in [0.3, 0.4) is 0 Å². The first-order valence-electron chi connectivity index (χ1n) is 3.06. The summed E-state index contributed by atoms with van der Waals surface area (Å²) < 4.78 is 5.49. The molecule has 0 unspecified atom stereocenters. The molecule has 0 saturated carbocycles. The molecule has 12 heavy (non-hydrogen) atoms. The number of rotatable bonds is 1. The lowest BCUT2D eigenvalue weighted by atomic mass is 10.3. The number of para-hydroxylation sites is 1. The van der Waals surface area contributed by atoms with Crippen LogP contribution in [0.2, 0.25) is 0 Å². The number of phenols is 1. The van der Waals surface area contributed by atoms with Gasteiger partial charge in [-0.2, -0.15) is 0 Å². The quantitative estimate of drug-likeness (QED) is 0.806. The van der Waals surface area contributed by atoms with E-state index in [0.717, 1.165) is 0 Å². The zero-order valence-electron chi connectivity index (χ0n) is 6.58. The van der Waals surface area contributed by atoms with Crippen LogP contribution < -0.4 is 4.74 Å². The summed E-state index contributed by atoms with van der Waals surface area (Å²) in [6.45, 7) is 2.00. The van der Waals surface area contributed by atoms with E-state index in [4.69, 9.17) is 9.53 Å². The molecule has 0 fully saturated rings. The lowest BCUT2D eigenvalue weighted by molar-refractivity contribution is -0.0979. The minimum Gasteiger partial charge on any atom is -0.503 e. The van der Waals surface area contributed by atoms with E-state index >= 15 is 0 Å². The maximum Gasteiger partial charge on any atom is 0.172 e. The molecule has 0 aliphatic carbocycles. The second-order valence-electron chi connectivity index (χ2n) is 1.79. The first kappa shape index (κ1) is 11.0. The van der Waals surface area contributed by atoms with Crippen LogP contribution in [0.15, 0.2) is 22.7 Å². The molecule has 0 saturated heterocycles. The van der Waals surface area contributed by atoms with Crippen molar-refractivity contribution in [2.75, 3.05) is 7.11 Å². The van der Waals surface area contributed by atoms with E-state index in [-0.39, 0.29) is 5.75 Å². The number of benzene rings is 1. The third-order valence-corrected chi connectivity index (χ3v) is 1.81. The molecule has 4 heteroatoms. The van der Waals surface area contributed by atoms with Crippen molar-refractivity contribution in [3.05, 3.63) is 22.7 Å². The van der Waals surface area contributed by atoms with Crippen LogP contribution in [0.4, 0.5) is 0 Å². The van der Waals surface area contributed by atoms with Crippen LogP contribution in [0.1, 0.15) is 0 Å². The van der Waals surface area contributed by atoms with Crippen molar-refractivity contribution in [3.63, 3.8) is 0 Å². The fourth-order valence-corrected chi connectivity index (χ4v) is 1.01. The van der Waals surface area contributed by atoms with E-state index in [1.165, 1.54) is 7.11 Å². The van der Waals surface area contributed by atoms with Gasteiger partial charge in [-0.05, 0) is 28.1 Å². The highest BCUT2D eigenvalue weighted by Crippen LogP contribution is 2.32. The summed E-state index contributed by atoms with van der Waals surface area (Å²) in [4.78, 5) is 8.00. The number of halogens is 1. The highest BCUT2D eigenvalue weighted by molar-refractivity contribution is 9.10. The summed E-state index contributed by atoms with van der Waals surface area (Å²) in [5.41, 5.74) is 0. The summed E-state index contributed by atoms with van der Waals surface area (Å²) >= 11 is 3.16. The van der Waals surface area contributed by atoms with E-state index in [1.807, 2.05) is 6.79 Å². The Morgan fingerprint density at radius 2 is 2.08 bits per heavy atom. The first-order chi connectivity index (χ1) is 5.75. The molecule has 3 nitrogen and oxygen atoms in total. The van der Waals surface area contributed by atoms with Gasteiger partial charge < -0.3 is 14.6 Å². The van der Waals surface area contributed by atoms with E-state index < -0.39 is 0 Å². The molecule has 1 aromatic rings. The number of carbonyl (C=O) groups excluding carboxylic acids is 1. The highest BCUT2D eigenvalue weighted by Gasteiger charge is 2.02. The van der Waals surface area contributed by atoms with Crippen LogP contribution in [-0.4, -0.2) is 19.0 Å². The molecule has 0 radical (unpaired) electrons. The molecular formula is C8H9BrO3. The minimum atomic E-state index is 0.144. The number of hydrogen-bond acceptors (Lipinski definition) is 3. The molecule has 0 spiro atoms. The number of aromatic hydroxyl groups is 1. The van der Waals surface area contributed by atoms with E-state index in [1.54, 1.807) is 18.2 Å². The van der Waals surface area contributed by atoms with Crippen LogP contribution in [-0.2, 0) is 4.79 Å². The average molecular weight is 233 g/mol. The topological polar surface area (TPSA) is 46.5 Å². The molecule has 0 bridgehead atoms. The first-order valence-corrected chi connectivity index (χ1v) is 3.85. The molecular weight excluding hydrogens is 224 g/mol. The smallest absolute Gasteiger partial charge is 0.172 e. The summed E-state index contributed by atoms with van der Waals surface area (Å²) in [6.07, 6.45) is 0. The lowest BCUT2D eigenvalue weighted by Crippen LogP contribution is -1.82. The molecule has 0 aliphatic heterocycles. The number of phenolic OH excluding ortho intramolecular Hbond substituents is 1. The van der Waals surface area contributed by atoms with E-state index in [9.17, 15) is 5.11 Å². The zero-order chi connectivity index (χ0) is 9.56. The van der Waals surface area contributed by atoms with Crippen LogP contribution >= 0.6 is 15.9 Å². The van der Waals surface area contributed by atoms with Gasteiger partial charge in [-0.1, -0.05) is 6.07 Å². The fraction of sp³-hybridized carbons (Fsp3) is 0.125. The Hall–Kier alpha value is -1.03. The Morgan fingerprint density at radius 1 is 1.50 bits per heavy atom. The van der Waals surface area contributed by atoms with Crippen molar-refractivity contribution >= 4 is 22.7 Å². The zero-order valence-corrected chi connectivity index (χ0v) is 8.17.